The average molecular weight is 137 g/mol. The maximum absolute atomic E-state index is 3.24. The van der Waals surface area contributed by atoms with Crippen LogP contribution >= 0.6 is 0 Å². The molecule has 0 aromatic heterocycles. The highest BCUT2D eigenvalue weighted by Gasteiger charge is 2.10. The highest BCUT2D eigenvalue weighted by molar-refractivity contribution is 5.23. The van der Waals surface area contributed by atoms with Crippen molar-refractivity contribution in [3.05, 3.63) is 23.7 Å². The molecule has 10 heavy (non-hydrogen) atoms. The number of hydrogen-bond acceptors (Lipinski definition) is 3. The first kappa shape index (κ1) is 5.80. The van der Waals surface area contributed by atoms with Gasteiger partial charge in [0.1, 0.15) is 5.82 Å². The average Bonchev–Trinajstić information content (AvgIpc) is 2.05. The highest BCUT2D eigenvalue weighted by atomic mass is 15.2. The van der Waals surface area contributed by atoms with Gasteiger partial charge >= 0.3 is 0 Å². The summed E-state index contributed by atoms with van der Waals surface area (Å²) in [5.41, 5.74) is 1.42. The molecule has 0 bridgehead atoms. The first-order chi connectivity index (χ1) is 4.97. The standard InChI is InChI=1S/C7H11N3/c1-2-6-4-8-5-10-7(6)9-3-1/h1,3,8-10H,2,4-5H2. The van der Waals surface area contributed by atoms with E-state index in [1.54, 1.807) is 0 Å². The van der Waals surface area contributed by atoms with Gasteiger partial charge in [0.15, 0.2) is 0 Å². The van der Waals surface area contributed by atoms with Crippen LogP contribution in [0.5, 0.6) is 0 Å². The van der Waals surface area contributed by atoms with E-state index < -0.39 is 0 Å². The molecule has 0 aromatic carbocycles. The van der Waals surface area contributed by atoms with E-state index in [9.17, 15) is 0 Å². The lowest BCUT2D eigenvalue weighted by molar-refractivity contribution is 0.578. The van der Waals surface area contributed by atoms with Crippen LogP contribution in [-0.2, 0) is 0 Å². The molecule has 0 fully saturated rings. The van der Waals surface area contributed by atoms with Crippen molar-refractivity contribution >= 4 is 0 Å². The third kappa shape index (κ3) is 0.885. The molecule has 0 radical (unpaired) electrons. The fourth-order valence-corrected chi connectivity index (χ4v) is 1.25. The molecule has 0 saturated carbocycles. The van der Waals surface area contributed by atoms with E-state index >= 15 is 0 Å². The number of allylic oxidation sites excluding steroid dienone is 1. The van der Waals surface area contributed by atoms with Crippen molar-refractivity contribution in [2.75, 3.05) is 13.2 Å². The maximum atomic E-state index is 3.24. The van der Waals surface area contributed by atoms with E-state index in [1.165, 1.54) is 11.4 Å². The zero-order valence-corrected chi connectivity index (χ0v) is 5.78. The molecule has 3 N–H and O–H groups in total. The van der Waals surface area contributed by atoms with E-state index in [4.69, 9.17) is 0 Å². The van der Waals surface area contributed by atoms with Gasteiger partial charge in [0.05, 0.1) is 6.67 Å². The zero-order valence-electron chi connectivity index (χ0n) is 5.78. The van der Waals surface area contributed by atoms with Crippen LogP contribution in [0.15, 0.2) is 23.7 Å². The molecule has 3 heteroatoms. The van der Waals surface area contributed by atoms with Crippen molar-refractivity contribution in [1.29, 1.82) is 0 Å². The minimum absolute atomic E-state index is 0.875. The molecule has 0 atom stereocenters. The van der Waals surface area contributed by atoms with Crippen LogP contribution in [0.3, 0.4) is 0 Å². The van der Waals surface area contributed by atoms with E-state index in [1.807, 2.05) is 6.20 Å². The van der Waals surface area contributed by atoms with Crippen LogP contribution < -0.4 is 16.0 Å². The normalized spacial score (nSPS) is 23.2. The Hall–Kier alpha value is -0.960. The number of nitrogens with one attached hydrogen (secondary N) is 3. The molecule has 0 spiro atoms. The fraction of sp³-hybridized carbons (Fsp3) is 0.429. The van der Waals surface area contributed by atoms with E-state index in [2.05, 4.69) is 22.0 Å². The van der Waals surface area contributed by atoms with Gasteiger partial charge in [-0.25, -0.2) is 0 Å². The molecule has 0 aliphatic carbocycles. The molecular formula is C7H11N3. The van der Waals surface area contributed by atoms with Crippen molar-refractivity contribution in [2.45, 2.75) is 6.42 Å². The van der Waals surface area contributed by atoms with Crippen molar-refractivity contribution in [2.24, 2.45) is 0 Å². The summed E-state index contributed by atoms with van der Waals surface area (Å²) in [6, 6.07) is 0. The Kier molecular flexibility index (Phi) is 1.36. The fourth-order valence-electron chi connectivity index (χ4n) is 1.25. The van der Waals surface area contributed by atoms with Crippen LogP contribution in [0, 0.1) is 0 Å². The second-order valence-corrected chi connectivity index (χ2v) is 2.51. The first-order valence-corrected chi connectivity index (χ1v) is 3.55. The summed E-state index contributed by atoms with van der Waals surface area (Å²) in [7, 11) is 0. The van der Waals surface area contributed by atoms with Crippen LogP contribution in [0.4, 0.5) is 0 Å². The number of rotatable bonds is 0. The largest absolute Gasteiger partial charge is 0.359 e. The summed E-state index contributed by atoms with van der Waals surface area (Å²) in [5.74, 6) is 1.20. The van der Waals surface area contributed by atoms with Crippen LogP contribution in [0.1, 0.15) is 6.42 Å². The highest BCUT2D eigenvalue weighted by Crippen LogP contribution is 2.10. The second kappa shape index (κ2) is 2.34. The quantitative estimate of drug-likeness (QED) is 0.435. The SMILES string of the molecule is C1=CNC2=C(C1)CNCN2. The summed E-state index contributed by atoms with van der Waals surface area (Å²) >= 11 is 0. The first-order valence-electron chi connectivity index (χ1n) is 3.55. The van der Waals surface area contributed by atoms with Crippen molar-refractivity contribution < 1.29 is 0 Å². The summed E-state index contributed by atoms with van der Waals surface area (Å²) in [5, 5.41) is 9.64. The van der Waals surface area contributed by atoms with Crippen LogP contribution in [-0.4, -0.2) is 13.2 Å². The Labute approximate surface area is 60.2 Å². The van der Waals surface area contributed by atoms with Gasteiger partial charge in [-0.15, -0.1) is 0 Å². The molecule has 2 rings (SSSR count). The van der Waals surface area contributed by atoms with Gasteiger partial charge in [0.25, 0.3) is 0 Å². The van der Waals surface area contributed by atoms with Crippen molar-refractivity contribution in [1.82, 2.24) is 16.0 Å². The van der Waals surface area contributed by atoms with Crippen LogP contribution in [0.25, 0.3) is 0 Å². The summed E-state index contributed by atoms with van der Waals surface area (Å²) < 4.78 is 0. The Morgan fingerprint density at radius 1 is 1.40 bits per heavy atom. The summed E-state index contributed by atoms with van der Waals surface area (Å²) in [6.07, 6.45) is 5.19. The van der Waals surface area contributed by atoms with Gasteiger partial charge in [0, 0.05) is 6.54 Å². The summed E-state index contributed by atoms with van der Waals surface area (Å²) in [4.78, 5) is 0. The van der Waals surface area contributed by atoms with Gasteiger partial charge in [0.2, 0.25) is 0 Å². The topological polar surface area (TPSA) is 36.1 Å². The number of dihydropyridines is 1. The molecule has 0 unspecified atom stereocenters. The molecule has 2 aliphatic rings. The van der Waals surface area contributed by atoms with E-state index in [-0.39, 0.29) is 0 Å². The smallest absolute Gasteiger partial charge is 0.104 e. The van der Waals surface area contributed by atoms with E-state index in [0.29, 0.717) is 0 Å². The Bertz CT molecular complexity index is 173. The minimum Gasteiger partial charge on any atom is -0.359 e. The molecule has 0 aromatic rings. The molecule has 54 valence electrons. The van der Waals surface area contributed by atoms with Gasteiger partial charge < -0.3 is 10.6 Å². The predicted octanol–water partition coefficient (Wildman–Crippen LogP) is -0.145. The van der Waals surface area contributed by atoms with Gasteiger partial charge in [-0.1, -0.05) is 6.08 Å². The van der Waals surface area contributed by atoms with Gasteiger partial charge in [-0.2, -0.15) is 0 Å². The third-order valence-electron chi connectivity index (χ3n) is 1.79. The third-order valence-corrected chi connectivity index (χ3v) is 1.79. The molecular weight excluding hydrogens is 126 g/mol. The van der Waals surface area contributed by atoms with Gasteiger partial charge in [-0.05, 0) is 18.2 Å². The second-order valence-electron chi connectivity index (χ2n) is 2.51. The molecule has 2 aliphatic heterocycles. The Morgan fingerprint density at radius 3 is 3.30 bits per heavy atom. The van der Waals surface area contributed by atoms with Crippen LogP contribution in [0.2, 0.25) is 0 Å². The van der Waals surface area contributed by atoms with Crippen molar-refractivity contribution in [3.63, 3.8) is 0 Å². The van der Waals surface area contributed by atoms with Crippen molar-refractivity contribution in [3.8, 4) is 0 Å². The van der Waals surface area contributed by atoms with Gasteiger partial charge in [-0.3, -0.25) is 5.32 Å². The molecule has 3 nitrogen and oxygen atoms in total. The monoisotopic (exact) mass is 137 g/mol. The maximum Gasteiger partial charge on any atom is 0.104 e. The summed E-state index contributed by atoms with van der Waals surface area (Å²) in [6.45, 7) is 1.89. The lowest BCUT2D eigenvalue weighted by Gasteiger charge is -2.24. The lowest BCUT2D eigenvalue weighted by atomic mass is 10.1. The molecule has 2 heterocycles. The molecule has 0 saturated heterocycles. The Morgan fingerprint density at radius 2 is 2.40 bits per heavy atom. The minimum atomic E-state index is 0.875. The van der Waals surface area contributed by atoms with E-state index in [0.717, 1.165) is 19.6 Å². The molecule has 0 amide bonds. The Balaban J connectivity index is 2.17. The predicted molar refractivity (Wildman–Crippen MR) is 39.9 cm³/mol. The number of hydrogen-bond donors (Lipinski definition) is 3. The lowest BCUT2D eigenvalue weighted by Crippen LogP contribution is -2.41. The zero-order chi connectivity index (χ0) is 6.81.